The van der Waals surface area contributed by atoms with E-state index in [1.165, 1.54) is 0 Å². The highest BCUT2D eigenvalue weighted by molar-refractivity contribution is 5.09. The Morgan fingerprint density at radius 1 is 1.11 bits per heavy atom. The summed E-state index contributed by atoms with van der Waals surface area (Å²) in [6, 6.07) is 0. The van der Waals surface area contributed by atoms with Gasteiger partial charge in [-0.05, 0) is 25.7 Å². The first-order valence-corrected chi connectivity index (χ1v) is 7.17. The van der Waals surface area contributed by atoms with Gasteiger partial charge in [0.1, 0.15) is 5.60 Å². The van der Waals surface area contributed by atoms with Gasteiger partial charge >= 0.3 is 0 Å². The molecule has 5 nitrogen and oxygen atoms in total. The summed E-state index contributed by atoms with van der Waals surface area (Å²) < 4.78 is 11.1. The lowest BCUT2D eigenvalue weighted by atomic mass is 9.82. The molecule has 0 atom stereocenters. The molecule has 5 heteroatoms. The summed E-state index contributed by atoms with van der Waals surface area (Å²) in [5.74, 6) is 1.27. The van der Waals surface area contributed by atoms with E-state index in [-0.39, 0.29) is 5.41 Å². The Morgan fingerprint density at radius 2 is 1.68 bits per heavy atom. The van der Waals surface area contributed by atoms with Crippen molar-refractivity contribution < 1.29 is 9.26 Å². The quantitative estimate of drug-likeness (QED) is 0.785. The van der Waals surface area contributed by atoms with Gasteiger partial charge in [0.15, 0.2) is 0 Å². The van der Waals surface area contributed by atoms with Gasteiger partial charge < -0.3 is 15.0 Å². The van der Waals surface area contributed by atoms with Crippen molar-refractivity contribution >= 4 is 0 Å². The van der Waals surface area contributed by atoms with E-state index in [1.807, 2.05) is 0 Å². The minimum atomic E-state index is -0.455. The largest absolute Gasteiger partial charge is 0.370 e. The lowest BCUT2D eigenvalue weighted by Gasteiger charge is -2.27. The standard InChI is InChI=1S/C14H27N3O2/c1-6-13(7-2,10-15)12-16-11(17-19-12)14(8-3,9-4)18-5/h6-10,15H2,1-5H3. The van der Waals surface area contributed by atoms with Crippen molar-refractivity contribution in [2.45, 2.75) is 64.4 Å². The maximum atomic E-state index is 5.92. The molecule has 0 aliphatic rings. The van der Waals surface area contributed by atoms with Gasteiger partial charge in [-0.3, -0.25) is 0 Å². The first-order chi connectivity index (χ1) is 9.07. The summed E-state index contributed by atoms with van der Waals surface area (Å²) in [5.41, 5.74) is 5.25. The van der Waals surface area contributed by atoms with Gasteiger partial charge in [-0.1, -0.05) is 32.9 Å². The van der Waals surface area contributed by atoms with Gasteiger partial charge in [0.25, 0.3) is 0 Å². The number of hydrogen-bond donors (Lipinski definition) is 1. The van der Waals surface area contributed by atoms with E-state index in [4.69, 9.17) is 15.0 Å². The predicted molar refractivity (Wildman–Crippen MR) is 74.9 cm³/mol. The summed E-state index contributed by atoms with van der Waals surface area (Å²) in [6.07, 6.45) is 3.40. The zero-order valence-corrected chi connectivity index (χ0v) is 12.8. The SMILES string of the molecule is CCC(CC)(CN)c1nc(C(CC)(CC)OC)no1. The topological polar surface area (TPSA) is 74.2 Å². The van der Waals surface area contributed by atoms with Crippen LogP contribution in [0, 0.1) is 0 Å². The molecule has 0 aromatic carbocycles. The second kappa shape index (κ2) is 6.48. The maximum absolute atomic E-state index is 5.92. The Labute approximate surface area is 115 Å². The highest BCUT2D eigenvalue weighted by Gasteiger charge is 2.38. The van der Waals surface area contributed by atoms with Crippen molar-refractivity contribution in [1.82, 2.24) is 10.1 Å². The van der Waals surface area contributed by atoms with E-state index in [0.717, 1.165) is 25.7 Å². The highest BCUT2D eigenvalue weighted by atomic mass is 16.5. The summed E-state index contributed by atoms with van der Waals surface area (Å²) in [6.45, 7) is 8.85. The first-order valence-electron chi connectivity index (χ1n) is 7.17. The summed E-state index contributed by atoms with van der Waals surface area (Å²) in [7, 11) is 1.69. The Morgan fingerprint density at radius 3 is 2.05 bits per heavy atom. The third kappa shape index (κ3) is 2.67. The third-order valence-corrected chi connectivity index (χ3v) is 4.56. The second-order valence-corrected chi connectivity index (χ2v) is 5.02. The Bertz CT molecular complexity index is 331. The molecule has 2 N–H and O–H groups in total. The zero-order chi connectivity index (χ0) is 14.5. The van der Waals surface area contributed by atoms with Crippen molar-refractivity contribution in [3.05, 3.63) is 11.7 Å². The molecule has 1 aromatic heterocycles. The molecule has 0 bridgehead atoms. The zero-order valence-electron chi connectivity index (χ0n) is 12.8. The highest BCUT2D eigenvalue weighted by Crippen LogP contribution is 2.34. The van der Waals surface area contributed by atoms with Crippen LogP contribution in [0.25, 0.3) is 0 Å². The van der Waals surface area contributed by atoms with Gasteiger partial charge in [-0.25, -0.2) is 0 Å². The molecule has 0 aliphatic carbocycles. The summed E-state index contributed by atoms with van der Waals surface area (Å²) in [4.78, 5) is 4.60. The molecule has 1 aromatic rings. The van der Waals surface area contributed by atoms with Gasteiger partial charge in [0, 0.05) is 13.7 Å². The molecular formula is C14H27N3O2. The van der Waals surface area contributed by atoms with E-state index in [1.54, 1.807) is 7.11 Å². The predicted octanol–water partition coefficient (Wildman–Crippen LogP) is 2.75. The molecule has 1 rings (SSSR count). The van der Waals surface area contributed by atoms with Crippen molar-refractivity contribution in [1.29, 1.82) is 0 Å². The minimum Gasteiger partial charge on any atom is -0.370 e. The van der Waals surface area contributed by atoms with E-state index in [2.05, 4.69) is 37.8 Å². The fraction of sp³-hybridized carbons (Fsp3) is 0.857. The Hall–Kier alpha value is -0.940. The summed E-state index contributed by atoms with van der Waals surface area (Å²) >= 11 is 0. The maximum Gasteiger partial charge on any atom is 0.234 e. The van der Waals surface area contributed by atoms with Crippen molar-refractivity contribution in [3.63, 3.8) is 0 Å². The lowest BCUT2D eigenvalue weighted by Crippen LogP contribution is -2.35. The lowest BCUT2D eigenvalue weighted by molar-refractivity contribution is -0.0306. The molecule has 0 fully saturated rings. The molecule has 19 heavy (non-hydrogen) atoms. The van der Waals surface area contributed by atoms with Crippen LogP contribution in [0.5, 0.6) is 0 Å². The van der Waals surface area contributed by atoms with Crippen molar-refractivity contribution in [2.75, 3.05) is 13.7 Å². The molecule has 1 heterocycles. The number of ether oxygens (including phenoxy) is 1. The number of methoxy groups -OCH3 is 1. The van der Waals surface area contributed by atoms with Gasteiger partial charge in [0.2, 0.25) is 11.7 Å². The van der Waals surface area contributed by atoms with E-state index in [9.17, 15) is 0 Å². The molecule has 0 radical (unpaired) electrons. The second-order valence-electron chi connectivity index (χ2n) is 5.02. The molecule has 0 unspecified atom stereocenters. The average Bonchev–Trinajstić information content (AvgIpc) is 2.95. The van der Waals surface area contributed by atoms with E-state index < -0.39 is 5.60 Å². The van der Waals surface area contributed by atoms with E-state index >= 15 is 0 Å². The average molecular weight is 269 g/mol. The van der Waals surface area contributed by atoms with Gasteiger partial charge in [-0.15, -0.1) is 0 Å². The Balaban J connectivity index is 3.18. The minimum absolute atomic E-state index is 0.216. The van der Waals surface area contributed by atoms with Crippen LogP contribution in [0.3, 0.4) is 0 Å². The molecule has 110 valence electrons. The molecular weight excluding hydrogens is 242 g/mol. The smallest absolute Gasteiger partial charge is 0.234 e. The normalized spacial score (nSPS) is 12.9. The first kappa shape index (κ1) is 16.1. The monoisotopic (exact) mass is 269 g/mol. The Kier molecular flexibility index (Phi) is 5.50. The third-order valence-electron chi connectivity index (χ3n) is 4.56. The van der Waals surface area contributed by atoms with E-state index in [0.29, 0.717) is 18.3 Å². The van der Waals surface area contributed by atoms with Crippen LogP contribution in [0.4, 0.5) is 0 Å². The van der Waals surface area contributed by atoms with Crippen LogP contribution in [0.15, 0.2) is 4.52 Å². The number of hydrogen-bond acceptors (Lipinski definition) is 5. The number of aromatic nitrogens is 2. The molecule has 0 aliphatic heterocycles. The number of nitrogens with two attached hydrogens (primary N) is 1. The fourth-order valence-electron chi connectivity index (χ4n) is 2.50. The molecule has 0 spiro atoms. The van der Waals surface area contributed by atoms with Gasteiger partial charge in [0.05, 0.1) is 5.41 Å². The number of nitrogens with zero attached hydrogens (tertiary/aromatic N) is 2. The van der Waals surface area contributed by atoms with Gasteiger partial charge in [-0.2, -0.15) is 4.98 Å². The van der Waals surface area contributed by atoms with Crippen LogP contribution < -0.4 is 5.73 Å². The molecule has 0 amide bonds. The van der Waals surface area contributed by atoms with Crippen LogP contribution in [0.1, 0.15) is 65.1 Å². The van der Waals surface area contributed by atoms with Crippen LogP contribution in [-0.2, 0) is 15.8 Å². The summed E-state index contributed by atoms with van der Waals surface area (Å²) in [5, 5.41) is 4.14. The number of rotatable bonds is 8. The van der Waals surface area contributed by atoms with Crippen LogP contribution >= 0.6 is 0 Å². The van der Waals surface area contributed by atoms with Crippen molar-refractivity contribution in [2.24, 2.45) is 5.73 Å². The molecule has 0 saturated carbocycles. The molecule has 0 saturated heterocycles. The fourth-order valence-corrected chi connectivity index (χ4v) is 2.50. The van der Waals surface area contributed by atoms with Crippen LogP contribution in [0.2, 0.25) is 0 Å². The van der Waals surface area contributed by atoms with Crippen molar-refractivity contribution in [3.8, 4) is 0 Å². The van der Waals surface area contributed by atoms with Crippen LogP contribution in [-0.4, -0.2) is 23.8 Å².